The van der Waals surface area contributed by atoms with Crippen LogP contribution >= 0.6 is 0 Å². The van der Waals surface area contributed by atoms with Crippen molar-refractivity contribution < 1.29 is 4.74 Å². The molecule has 1 spiro atoms. The molecule has 7 aromatic carbocycles. The van der Waals surface area contributed by atoms with Crippen molar-refractivity contribution >= 4 is 44.4 Å². The smallest absolute Gasteiger partial charge is 0.129 e. The molecule has 13 rings (SSSR count). The fourth-order valence-electron chi connectivity index (χ4n) is 10.4. The zero-order chi connectivity index (χ0) is 36.5. The molecule has 0 bridgehead atoms. The van der Waals surface area contributed by atoms with Crippen LogP contribution in [0.5, 0.6) is 5.75 Å². The van der Waals surface area contributed by atoms with Crippen LogP contribution in [0.15, 0.2) is 182 Å². The van der Waals surface area contributed by atoms with E-state index in [-0.39, 0.29) is 5.41 Å². The van der Waals surface area contributed by atoms with Crippen LogP contribution in [-0.4, -0.2) is 15.7 Å². The minimum Gasteiger partial charge on any atom is -0.488 e. The lowest BCUT2D eigenvalue weighted by Crippen LogP contribution is -2.34. The Bertz CT molecular complexity index is 3260. The molecule has 1 unspecified atom stereocenters. The molecule has 2 aliphatic heterocycles. The molecule has 0 saturated carbocycles. The summed E-state index contributed by atoms with van der Waals surface area (Å²) in [5.74, 6) is 1.000. The molecule has 9 aromatic rings. The highest BCUT2D eigenvalue weighted by molar-refractivity contribution is 6.12. The Balaban J connectivity index is 0.998. The fourth-order valence-corrected chi connectivity index (χ4v) is 10.4. The average Bonchev–Trinajstić information content (AvgIpc) is 3.92. The van der Waals surface area contributed by atoms with Crippen LogP contribution in [0, 0.1) is 0 Å². The highest BCUT2D eigenvalue weighted by atomic mass is 16.5. The van der Waals surface area contributed by atoms with Crippen LogP contribution in [0.1, 0.15) is 23.2 Å². The second-order valence-electron chi connectivity index (χ2n) is 15.7. The number of rotatable bonds is 4. The predicted octanol–water partition coefficient (Wildman–Crippen LogP) is 13.1. The number of allylic oxidation sites excluding steroid dienone is 3. The third kappa shape index (κ3) is 3.96. The van der Waals surface area contributed by atoms with Crippen LogP contribution in [0.2, 0.25) is 0 Å². The van der Waals surface area contributed by atoms with Gasteiger partial charge in [0.05, 0.1) is 27.7 Å². The van der Waals surface area contributed by atoms with Crippen LogP contribution < -0.4 is 4.74 Å². The summed E-state index contributed by atoms with van der Waals surface area (Å²) in [4.78, 5) is 0. The van der Waals surface area contributed by atoms with E-state index in [4.69, 9.17) is 4.74 Å². The van der Waals surface area contributed by atoms with Crippen LogP contribution in [0.4, 0.5) is 0 Å². The second kappa shape index (κ2) is 11.0. The minimum absolute atomic E-state index is 0.164. The van der Waals surface area contributed by atoms with E-state index in [1.54, 1.807) is 0 Å². The lowest BCUT2D eigenvalue weighted by atomic mass is 9.67. The Morgan fingerprint density at radius 2 is 1.18 bits per heavy atom. The molecule has 2 aliphatic carbocycles. The van der Waals surface area contributed by atoms with Gasteiger partial charge in [0.2, 0.25) is 0 Å². The standard InChI is InChI=1S/C53H34N2O/c1-3-10-33(11-4-1)34-12-7-13-35(28-34)36-20-23-45-43(29-36)41-22-19-38(31-48(41)54(45)40-14-5-2-6-15-40)37-21-24-46-44(30-37)42-16-9-26-53-27-25-39-32-56-49-18-8-17-47(50(49)51(39)53)55(46)52(42)53/h1-25,27-31H,26,32H2. The Hall–Kier alpha value is -7.10. The summed E-state index contributed by atoms with van der Waals surface area (Å²) >= 11 is 0. The molecule has 0 N–H and O–H groups in total. The van der Waals surface area contributed by atoms with Crippen molar-refractivity contribution in [3.8, 4) is 50.5 Å². The number of hydrogen-bond donors (Lipinski definition) is 0. The molecule has 2 aromatic heterocycles. The van der Waals surface area contributed by atoms with Gasteiger partial charge in [-0.2, -0.15) is 0 Å². The predicted molar refractivity (Wildman–Crippen MR) is 231 cm³/mol. The van der Waals surface area contributed by atoms with E-state index in [1.807, 2.05) is 0 Å². The van der Waals surface area contributed by atoms with Gasteiger partial charge < -0.3 is 13.9 Å². The van der Waals surface area contributed by atoms with Crippen molar-refractivity contribution in [2.75, 3.05) is 6.61 Å². The lowest BCUT2D eigenvalue weighted by molar-refractivity contribution is 0.347. The fraction of sp³-hybridized carbons (Fsp3) is 0.0566. The molecule has 0 radical (unpaired) electrons. The van der Waals surface area contributed by atoms with E-state index in [0.717, 1.165) is 17.9 Å². The zero-order valence-electron chi connectivity index (χ0n) is 30.5. The molecule has 4 heterocycles. The highest BCUT2D eigenvalue weighted by Gasteiger charge is 2.50. The number of para-hydroxylation sites is 1. The maximum atomic E-state index is 6.33. The van der Waals surface area contributed by atoms with Gasteiger partial charge in [-0.1, -0.05) is 121 Å². The molecule has 56 heavy (non-hydrogen) atoms. The number of nitrogens with zero attached hydrogens (tertiary/aromatic N) is 2. The molecule has 3 heteroatoms. The molecule has 0 amide bonds. The summed E-state index contributed by atoms with van der Waals surface area (Å²) in [5.41, 5.74) is 19.9. The summed E-state index contributed by atoms with van der Waals surface area (Å²) in [6, 6.07) is 57.9. The van der Waals surface area contributed by atoms with Crippen molar-refractivity contribution in [2.45, 2.75) is 11.8 Å². The molecular weight excluding hydrogens is 681 g/mol. The zero-order valence-corrected chi connectivity index (χ0v) is 30.5. The number of ether oxygens (including phenoxy) is 1. The number of hydrogen-bond acceptors (Lipinski definition) is 1. The molecule has 0 saturated heterocycles. The topological polar surface area (TPSA) is 19.1 Å². The third-order valence-electron chi connectivity index (χ3n) is 12.8. The van der Waals surface area contributed by atoms with E-state index in [0.29, 0.717) is 6.61 Å². The second-order valence-corrected chi connectivity index (χ2v) is 15.7. The highest BCUT2D eigenvalue weighted by Crippen LogP contribution is 2.61. The first-order chi connectivity index (χ1) is 27.7. The van der Waals surface area contributed by atoms with Crippen LogP contribution in [-0.2, 0) is 5.41 Å². The van der Waals surface area contributed by atoms with Gasteiger partial charge in [-0.25, -0.2) is 0 Å². The van der Waals surface area contributed by atoms with Crippen molar-refractivity contribution in [3.63, 3.8) is 0 Å². The van der Waals surface area contributed by atoms with Crippen LogP contribution in [0.25, 0.3) is 89.1 Å². The Kier molecular flexibility index (Phi) is 5.94. The van der Waals surface area contributed by atoms with Crippen molar-refractivity contribution in [1.82, 2.24) is 9.13 Å². The van der Waals surface area contributed by atoms with E-state index >= 15 is 0 Å². The maximum Gasteiger partial charge on any atom is 0.129 e. The van der Waals surface area contributed by atoms with Crippen molar-refractivity contribution in [2.24, 2.45) is 0 Å². The monoisotopic (exact) mass is 714 g/mol. The van der Waals surface area contributed by atoms with Gasteiger partial charge >= 0.3 is 0 Å². The van der Waals surface area contributed by atoms with E-state index in [1.165, 1.54) is 99.7 Å². The van der Waals surface area contributed by atoms with Crippen molar-refractivity contribution in [3.05, 3.63) is 198 Å². The van der Waals surface area contributed by atoms with Gasteiger partial charge in [0.15, 0.2) is 0 Å². The first kappa shape index (κ1) is 30.3. The number of benzene rings is 7. The lowest BCUT2D eigenvalue weighted by Gasteiger charge is -2.42. The van der Waals surface area contributed by atoms with Gasteiger partial charge in [0.25, 0.3) is 0 Å². The summed E-state index contributed by atoms with van der Waals surface area (Å²) in [7, 11) is 0. The number of fused-ring (bicyclic) bond motifs is 7. The van der Waals surface area contributed by atoms with E-state index < -0.39 is 0 Å². The molecule has 3 nitrogen and oxygen atoms in total. The Morgan fingerprint density at radius 3 is 2.02 bits per heavy atom. The normalized spacial score (nSPS) is 17.1. The summed E-state index contributed by atoms with van der Waals surface area (Å²) in [6.07, 6.45) is 10.5. The van der Waals surface area contributed by atoms with Gasteiger partial charge in [0, 0.05) is 38.7 Å². The molecule has 262 valence electrons. The van der Waals surface area contributed by atoms with Gasteiger partial charge in [-0.15, -0.1) is 0 Å². The average molecular weight is 715 g/mol. The van der Waals surface area contributed by atoms with Gasteiger partial charge in [-0.3, -0.25) is 0 Å². The summed E-state index contributed by atoms with van der Waals surface area (Å²) in [5, 5.41) is 3.79. The first-order valence-corrected chi connectivity index (χ1v) is 19.6. The van der Waals surface area contributed by atoms with E-state index in [2.05, 4.69) is 191 Å². The SMILES string of the molecule is C1=Cc2c3n(c4ccc(-c5ccc6c7cc(-c8cccc(-c9ccccc9)c8)ccc7n(-c7ccccc7)c6c5)cc24)-c2cccc4c2C2=C(C=CC23C1)CO4. The van der Waals surface area contributed by atoms with Gasteiger partial charge in [0.1, 0.15) is 12.4 Å². The molecule has 0 fully saturated rings. The van der Waals surface area contributed by atoms with Crippen molar-refractivity contribution in [1.29, 1.82) is 0 Å². The third-order valence-corrected chi connectivity index (χ3v) is 12.8. The summed E-state index contributed by atoms with van der Waals surface area (Å²) in [6.45, 7) is 0.637. The Labute approximate surface area is 324 Å². The van der Waals surface area contributed by atoms with E-state index in [9.17, 15) is 0 Å². The maximum absolute atomic E-state index is 6.33. The first-order valence-electron chi connectivity index (χ1n) is 19.6. The molecular formula is C53H34N2O. The molecule has 1 atom stereocenters. The summed E-state index contributed by atoms with van der Waals surface area (Å²) < 4.78 is 11.3. The number of aromatic nitrogens is 2. The quantitative estimate of drug-likeness (QED) is 0.178. The Morgan fingerprint density at radius 1 is 0.500 bits per heavy atom. The minimum atomic E-state index is -0.164. The largest absolute Gasteiger partial charge is 0.488 e. The van der Waals surface area contributed by atoms with Gasteiger partial charge in [-0.05, 0) is 112 Å². The van der Waals surface area contributed by atoms with Crippen LogP contribution in [0.3, 0.4) is 0 Å². The molecule has 4 aliphatic rings.